The van der Waals surface area contributed by atoms with Crippen molar-refractivity contribution in [2.45, 2.75) is 33.1 Å². The molecule has 0 radical (unpaired) electrons. The number of aromatic hydroxyl groups is 1. The lowest BCUT2D eigenvalue weighted by atomic mass is 9.91. The van der Waals surface area contributed by atoms with Crippen molar-refractivity contribution < 1.29 is 5.11 Å². The molecule has 0 spiro atoms. The summed E-state index contributed by atoms with van der Waals surface area (Å²) in [4.78, 5) is 0. The molecule has 1 aromatic heterocycles. The minimum absolute atomic E-state index is 0.163. The summed E-state index contributed by atoms with van der Waals surface area (Å²) < 4.78 is 1.75. The zero-order valence-corrected chi connectivity index (χ0v) is 11.7. The second-order valence-electron chi connectivity index (χ2n) is 5.79. The van der Waals surface area contributed by atoms with Gasteiger partial charge in [0.05, 0.1) is 0 Å². The standard InChI is InChI=1S/C15H20N2O/c1-10-7-6-8-11(9-10)12-13(18)14(15(2,3)4)16-17(12)5/h6-9,18H,1-5H3. The van der Waals surface area contributed by atoms with Crippen molar-refractivity contribution in [3.63, 3.8) is 0 Å². The van der Waals surface area contributed by atoms with Gasteiger partial charge in [0.1, 0.15) is 11.4 Å². The van der Waals surface area contributed by atoms with Crippen molar-refractivity contribution in [3.05, 3.63) is 35.5 Å². The van der Waals surface area contributed by atoms with Gasteiger partial charge in [0, 0.05) is 18.0 Å². The lowest BCUT2D eigenvalue weighted by molar-refractivity contribution is 0.445. The maximum absolute atomic E-state index is 10.4. The molecule has 0 fully saturated rings. The molecule has 0 saturated carbocycles. The third kappa shape index (κ3) is 2.13. The molecule has 0 bridgehead atoms. The van der Waals surface area contributed by atoms with E-state index in [-0.39, 0.29) is 11.2 Å². The maximum Gasteiger partial charge on any atom is 0.165 e. The van der Waals surface area contributed by atoms with Crippen molar-refractivity contribution >= 4 is 0 Å². The zero-order valence-electron chi connectivity index (χ0n) is 11.7. The van der Waals surface area contributed by atoms with Crippen LogP contribution in [0.1, 0.15) is 32.0 Å². The summed E-state index contributed by atoms with van der Waals surface area (Å²) in [6, 6.07) is 8.09. The molecule has 1 N–H and O–H groups in total. The third-order valence-electron chi connectivity index (χ3n) is 3.02. The molecule has 96 valence electrons. The Morgan fingerprint density at radius 3 is 2.39 bits per heavy atom. The maximum atomic E-state index is 10.4. The first-order valence-corrected chi connectivity index (χ1v) is 6.14. The Labute approximate surface area is 108 Å². The number of hydrogen-bond acceptors (Lipinski definition) is 2. The van der Waals surface area contributed by atoms with Crippen molar-refractivity contribution in [1.82, 2.24) is 9.78 Å². The molecule has 0 unspecified atom stereocenters. The van der Waals surface area contributed by atoms with E-state index in [4.69, 9.17) is 0 Å². The van der Waals surface area contributed by atoms with E-state index in [1.165, 1.54) is 5.56 Å². The summed E-state index contributed by atoms with van der Waals surface area (Å²) in [5, 5.41) is 14.9. The monoisotopic (exact) mass is 244 g/mol. The third-order valence-corrected chi connectivity index (χ3v) is 3.02. The Morgan fingerprint density at radius 1 is 1.22 bits per heavy atom. The number of aryl methyl sites for hydroxylation is 2. The number of benzene rings is 1. The molecular formula is C15H20N2O. The van der Waals surface area contributed by atoms with E-state index in [2.05, 4.69) is 31.9 Å². The van der Waals surface area contributed by atoms with Gasteiger partial charge in [-0.15, -0.1) is 0 Å². The van der Waals surface area contributed by atoms with Crippen LogP contribution >= 0.6 is 0 Å². The fourth-order valence-electron chi connectivity index (χ4n) is 2.13. The van der Waals surface area contributed by atoms with E-state index in [1.807, 2.05) is 32.2 Å². The highest BCUT2D eigenvalue weighted by Crippen LogP contribution is 2.37. The number of nitrogens with zero attached hydrogens (tertiary/aromatic N) is 2. The summed E-state index contributed by atoms with van der Waals surface area (Å²) in [6.45, 7) is 8.20. The van der Waals surface area contributed by atoms with Crippen LogP contribution < -0.4 is 0 Å². The van der Waals surface area contributed by atoms with Crippen LogP contribution in [0.15, 0.2) is 24.3 Å². The Kier molecular flexibility index (Phi) is 2.93. The second-order valence-corrected chi connectivity index (χ2v) is 5.79. The Morgan fingerprint density at radius 2 is 1.89 bits per heavy atom. The molecule has 3 nitrogen and oxygen atoms in total. The molecule has 3 heteroatoms. The smallest absolute Gasteiger partial charge is 0.165 e. The first-order chi connectivity index (χ1) is 8.30. The van der Waals surface area contributed by atoms with Crippen molar-refractivity contribution in [1.29, 1.82) is 0 Å². The van der Waals surface area contributed by atoms with Crippen LogP contribution in [-0.2, 0) is 12.5 Å². The van der Waals surface area contributed by atoms with E-state index in [0.29, 0.717) is 0 Å². The molecule has 0 amide bonds. The molecule has 0 saturated heterocycles. The topological polar surface area (TPSA) is 38.1 Å². The zero-order chi connectivity index (χ0) is 13.5. The van der Waals surface area contributed by atoms with Crippen LogP contribution in [0.2, 0.25) is 0 Å². The Hall–Kier alpha value is -1.77. The summed E-state index contributed by atoms with van der Waals surface area (Å²) in [5.74, 6) is 0.288. The predicted octanol–water partition coefficient (Wildman–Crippen LogP) is 3.40. The number of hydrogen-bond donors (Lipinski definition) is 1. The minimum Gasteiger partial charge on any atom is -0.504 e. The lowest BCUT2D eigenvalue weighted by Crippen LogP contribution is -2.12. The van der Waals surface area contributed by atoms with Crippen molar-refractivity contribution in [3.8, 4) is 17.0 Å². The van der Waals surface area contributed by atoms with Gasteiger partial charge in [-0.25, -0.2) is 0 Å². The van der Waals surface area contributed by atoms with Gasteiger partial charge in [-0.2, -0.15) is 5.10 Å². The minimum atomic E-state index is -0.163. The highest BCUT2D eigenvalue weighted by Gasteiger charge is 2.26. The predicted molar refractivity (Wildman–Crippen MR) is 73.7 cm³/mol. The fraction of sp³-hybridized carbons (Fsp3) is 0.400. The van der Waals surface area contributed by atoms with Crippen molar-refractivity contribution in [2.24, 2.45) is 7.05 Å². The van der Waals surface area contributed by atoms with E-state index < -0.39 is 0 Å². The van der Waals surface area contributed by atoms with Gasteiger partial charge in [-0.3, -0.25) is 4.68 Å². The van der Waals surface area contributed by atoms with E-state index in [9.17, 15) is 5.11 Å². The SMILES string of the molecule is Cc1cccc(-c2c(O)c(C(C)(C)C)nn2C)c1. The molecule has 0 aliphatic heterocycles. The largest absolute Gasteiger partial charge is 0.504 e. The number of aromatic nitrogens is 2. The van der Waals surface area contributed by atoms with Gasteiger partial charge in [0.15, 0.2) is 5.75 Å². The molecule has 1 heterocycles. The summed E-state index contributed by atoms with van der Waals surface area (Å²) in [6.07, 6.45) is 0. The molecule has 0 atom stereocenters. The van der Waals surface area contributed by atoms with E-state index >= 15 is 0 Å². The lowest BCUT2D eigenvalue weighted by Gasteiger charge is -2.15. The van der Waals surface area contributed by atoms with Crippen LogP contribution in [0.5, 0.6) is 5.75 Å². The van der Waals surface area contributed by atoms with Crippen LogP contribution in [-0.4, -0.2) is 14.9 Å². The van der Waals surface area contributed by atoms with Crippen LogP contribution in [0.3, 0.4) is 0 Å². The van der Waals surface area contributed by atoms with Gasteiger partial charge < -0.3 is 5.11 Å². The molecule has 0 aliphatic carbocycles. The molecule has 2 aromatic rings. The van der Waals surface area contributed by atoms with Gasteiger partial charge in [-0.1, -0.05) is 44.5 Å². The van der Waals surface area contributed by atoms with Gasteiger partial charge in [-0.05, 0) is 13.0 Å². The van der Waals surface area contributed by atoms with Crippen LogP contribution in [0.4, 0.5) is 0 Å². The highest BCUT2D eigenvalue weighted by molar-refractivity contribution is 5.68. The second kappa shape index (κ2) is 4.16. The van der Waals surface area contributed by atoms with Gasteiger partial charge in [0.25, 0.3) is 0 Å². The molecule has 0 aliphatic rings. The van der Waals surface area contributed by atoms with Crippen LogP contribution in [0, 0.1) is 6.92 Å². The Balaban J connectivity index is 2.63. The van der Waals surface area contributed by atoms with Crippen molar-refractivity contribution in [2.75, 3.05) is 0 Å². The fourth-order valence-corrected chi connectivity index (χ4v) is 2.13. The van der Waals surface area contributed by atoms with Crippen LogP contribution in [0.25, 0.3) is 11.3 Å². The summed E-state index contributed by atoms with van der Waals surface area (Å²) in [7, 11) is 1.87. The summed E-state index contributed by atoms with van der Waals surface area (Å²) in [5.41, 5.74) is 3.53. The molecule has 18 heavy (non-hydrogen) atoms. The first-order valence-electron chi connectivity index (χ1n) is 6.14. The average molecular weight is 244 g/mol. The molecule has 2 rings (SSSR count). The van der Waals surface area contributed by atoms with Gasteiger partial charge >= 0.3 is 0 Å². The normalized spacial score (nSPS) is 11.8. The van der Waals surface area contributed by atoms with E-state index in [1.54, 1.807) is 4.68 Å². The molecular weight excluding hydrogens is 224 g/mol. The summed E-state index contributed by atoms with van der Waals surface area (Å²) >= 11 is 0. The molecule has 1 aromatic carbocycles. The quantitative estimate of drug-likeness (QED) is 0.835. The van der Waals surface area contributed by atoms with E-state index in [0.717, 1.165) is 17.0 Å². The van der Waals surface area contributed by atoms with Gasteiger partial charge in [0.2, 0.25) is 0 Å². The first kappa shape index (κ1) is 12.7. The Bertz CT molecular complexity index is 577. The average Bonchev–Trinajstić information content (AvgIpc) is 2.54. The highest BCUT2D eigenvalue weighted by atomic mass is 16.3. The number of rotatable bonds is 1.